The molecule has 146 valence electrons. The third kappa shape index (κ3) is 3.70. The molecule has 2 aromatic heterocycles. The lowest BCUT2D eigenvalue weighted by Gasteiger charge is -2.20. The normalized spacial score (nSPS) is 14.7. The van der Waals surface area contributed by atoms with Crippen LogP contribution in [0.2, 0.25) is 0 Å². The van der Waals surface area contributed by atoms with E-state index in [9.17, 15) is 0 Å². The number of aryl methyl sites for hydroxylation is 1. The topological polar surface area (TPSA) is 21.1 Å². The molecular formula is C26H27N3. The van der Waals surface area contributed by atoms with Crippen molar-refractivity contribution in [1.82, 2.24) is 14.5 Å². The van der Waals surface area contributed by atoms with Crippen LogP contribution in [0.15, 0.2) is 73.1 Å². The highest BCUT2D eigenvalue weighted by molar-refractivity contribution is 5.86. The Bertz CT molecular complexity index is 1110. The zero-order valence-electron chi connectivity index (χ0n) is 17.0. The summed E-state index contributed by atoms with van der Waals surface area (Å²) in [5.74, 6) is 0. The molecule has 5 rings (SSSR count). The monoisotopic (exact) mass is 381 g/mol. The highest BCUT2D eigenvalue weighted by Crippen LogP contribution is 2.32. The van der Waals surface area contributed by atoms with Gasteiger partial charge in [0.15, 0.2) is 0 Å². The Morgan fingerprint density at radius 1 is 0.931 bits per heavy atom. The van der Waals surface area contributed by atoms with Crippen LogP contribution in [0.4, 0.5) is 0 Å². The smallest absolute Gasteiger partial charge is 0.0489 e. The summed E-state index contributed by atoms with van der Waals surface area (Å²) in [5.41, 5.74) is 8.39. The maximum atomic E-state index is 4.30. The molecule has 0 N–H and O–H groups in total. The van der Waals surface area contributed by atoms with E-state index in [-0.39, 0.29) is 0 Å². The minimum absolute atomic E-state index is 0.943. The van der Waals surface area contributed by atoms with Crippen LogP contribution in [0, 0.1) is 6.92 Å². The van der Waals surface area contributed by atoms with Gasteiger partial charge >= 0.3 is 0 Å². The second-order valence-corrected chi connectivity index (χ2v) is 8.19. The van der Waals surface area contributed by atoms with Crippen molar-refractivity contribution in [1.29, 1.82) is 0 Å². The second kappa shape index (κ2) is 7.84. The molecule has 1 aliphatic heterocycles. The van der Waals surface area contributed by atoms with Crippen molar-refractivity contribution in [2.75, 3.05) is 6.54 Å². The van der Waals surface area contributed by atoms with E-state index in [1.54, 1.807) is 0 Å². The molecule has 0 fully saturated rings. The van der Waals surface area contributed by atoms with E-state index in [4.69, 9.17) is 0 Å². The third-order valence-corrected chi connectivity index (χ3v) is 6.02. The van der Waals surface area contributed by atoms with Gasteiger partial charge in [-0.1, -0.05) is 48.0 Å². The SMILES string of the molecule is Cc1ccc2c(c1)c1c(n2Cc2ccccc2)CCCN(Cc2cccnc2)C1. The van der Waals surface area contributed by atoms with Crippen molar-refractivity contribution in [3.8, 4) is 0 Å². The van der Waals surface area contributed by atoms with Gasteiger partial charge in [-0.25, -0.2) is 0 Å². The summed E-state index contributed by atoms with van der Waals surface area (Å²) < 4.78 is 2.56. The van der Waals surface area contributed by atoms with E-state index in [1.165, 1.54) is 45.3 Å². The van der Waals surface area contributed by atoms with Crippen molar-refractivity contribution in [2.24, 2.45) is 0 Å². The Balaban J connectivity index is 1.55. The van der Waals surface area contributed by atoms with E-state index in [1.807, 2.05) is 18.5 Å². The Kier molecular flexibility index (Phi) is 4.91. The van der Waals surface area contributed by atoms with Gasteiger partial charge < -0.3 is 4.57 Å². The fourth-order valence-electron chi connectivity index (χ4n) is 4.66. The Morgan fingerprint density at radius 2 is 1.79 bits per heavy atom. The fraction of sp³-hybridized carbons (Fsp3) is 0.269. The minimum Gasteiger partial charge on any atom is -0.340 e. The zero-order valence-corrected chi connectivity index (χ0v) is 17.0. The molecule has 4 aromatic rings. The van der Waals surface area contributed by atoms with Crippen LogP contribution in [0.25, 0.3) is 10.9 Å². The van der Waals surface area contributed by atoms with E-state index >= 15 is 0 Å². The third-order valence-electron chi connectivity index (χ3n) is 6.02. The molecule has 0 amide bonds. The summed E-state index contributed by atoms with van der Waals surface area (Å²) in [6.07, 6.45) is 6.18. The summed E-state index contributed by atoms with van der Waals surface area (Å²) in [6, 6.07) is 22.0. The van der Waals surface area contributed by atoms with Crippen molar-refractivity contribution >= 4 is 10.9 Å². The summed E-state index contributed by atoms with van der Waals surface area (Å²) in [4.78, 5) is 6.88. The van der Waals surface area contributed by atoms with Crippen molar-refractivity contribution in [2.45, 2.75) is 39.4 Å². The quantitative estimate of drug-likeness (QED) is 0.476. The van der Waals surface area contributed by atoms with E-state index < -0.39 is 0 Å². The average Bonchev–Trinajstić information content (AvgIpc) is 2.89. The number of aromatic nitrogens is 2. The first-order valence-electron chi connectivity index (χ1n) is 10.5. The molecular weight excluding hydrogens is 354 g/mol. The number of benzene rings is 2. The zero-order chi connectivity index (χ0) is 19.6. The van der Waals surface area contributed by atoms with Crippen LogP contribution in [-0.4, -0.2) is 21.0 Å². The first-order chi connectivity index (χ1) is 14.3. The van der Waals surface area contributed by atoms with E-state index in [0.29, 0.717) is 0 Å². The molecule has 3 heterocycles. The lowest BCUT2D eigenvalue weighted by atomic mass is 10.1. The van der Waals surface area contributed by atoms with Gasteiger partial charge in [-0.05, 0) is 61.2 Å². The Hall–Kier alpha value is -2.91. The van der Waals surface area contributed by atoms with Crippen LogP contribution < -0.4 is 0 Å². The van der Waals surface area contributed by atoms with Crippen molar-refractivity contribution in [3.63, 3.8) is 0 Å². The summed E-state index contributed by atoms with van der Waals surface area (Å²) in [6.45, 7) is 6.24. The molecule has 0 atom stereocenters. The summed E-state index contributed by atoms with van der Waals surface area (Å²) in [7, 11) is 0. The number of hydrogen-bond donors (Lipinski definition) is 0. The maximum absolute atomic E-state index is 4.30. The van der Waals surface area contributed by atoms with E-state index in [0.717, 1.165) is 32.6 Å². The molecule has 1 aliphatic rings. The molecule has 29 heavy (non-hydrogen) atoms. The predicted octanol–water partition coefficient (Wildman–Crippen LogP) is 5.34. The molecule has 0 radical (unpaired) electrons. The van der Waals surface area contributed by atoms with Gasteiger partial charge in [-0.15, -0.1) is 0 Å². The number of rotatable bonds is 4. The molecule has 3 heteroatoms. The predicted molar refractivity (Wildman–Crippen MR) is 119 cm³/mol. The van der Waals surface area contributed by atoms with Crippen molar-refractivity contribution < 1.29 is 0 Å². The van der Waals surface area contributed by atoms with Crippen LogP contribution in [0.1, 0.15) is 34.4 Å². The molecule has 0 saturated heterocycles. The minimum atomic E-state index is 0.943. The lowest BCUT2D eigenvalue weighted by Crippen LogP contribution is -2.22. The molecule has 0 aliphatic carbocycles. The van der Waals surface area contributed by atoms with Crippen LogP contribution >= 0.6 is 0 Å². The largest absolute Gasteiger partial charge is 0.340 e. The van der Waals surface area contributed by atoms with Gasteiger partial charge in [0.05, 0.1) is 0 Å². The highest BCUT2D eigenvalue weighted by Gasteiger charge is 2.22. The van der Waals surface area contributed by atoms with Gasteiger partial charge in [-0.3, -0.25) is 9.88 Å². The summed E-state index contributed by atoms with van der Waals surface area (Å²) in [5, 5.41) is 1.43. The van der Waals surface area contributed by atoms with Crippen LogP contribution in [-0.2, 0) is 26.1 Å². The Morgan fingerprint density at radius 3 is 2.62 bits per heavy atom. The summed E-state index contributed by atoms with van der Waals surface area (Å²) >= 11 is 0. The lowest BCUT2D eigenvalue weighted by molar-refractivity contribution is 0.261. The molecule has 2 aromatic carbocycles. The van der Waals surface area contributed by atoms with Gasteiger partial charge in [0.1, 0.15) is 0 Å². The van der Waals surface area contributed by atoms with Crippen molar-refractivity contribution in [3.05, 3.63) is 101 Å². The average molecular weight is 382 g/mol. The van der Waals surface area contributed by atoms with Gasteiger partial charge in [0.2, 0.25) is 0 Å². The molecule has 0 spiro atoms. The highest BCUT2D eigenvalue weighted by atomic mass is 15.1. The van der Waals surface area contributed by atoms with Gasteiger partial charge in [0, 0.05) is 48.6 Å². The maximum Gasteiger partial charge on any atom is 0.0489 e. The number of pyridine rings is 1. The van der Waals surface area contributed by atoms with Crippen LogP contribution in [0.3, 0.4) is 0 Å². The Labute approximate surface area is 172 Å². The first-order valence-corrected chi connectivity index (χ1v) is 10.5. The number of fused-ring (bicyclic) bond motifs is 3. The van der Waals surface area contributed by atoms with Crippen LogP contribution in [0.5, 0.6) is 0 Å². The molecule has 0 bridgehead atoms. The van der Waals surface area contributed by atoms with Gasteiger partial charge in [0.25, 0.3) is 0 Å². The molecule has 3 nitrogen and oxygen atoms in total. The number of hydrogen-bond acceptors (Lipinski definition) is 2. The molecule has 0 saturated carbocycles. The second-order valence-electron chi connectivity index (χ2n) is 8.19. The standard InChI is InChI=1S/C26H27N3/c1-20-11-12-26-23(15-20)24-19-28(17-22-9-5-13-27-16-22)14-6-10-25(24)29(26)18-21-7-3-2-4-8-21/h2-5,7-9,11-13,15-16H,6,10,14,17-19H2,1H3. The first kappa shape index (κ1) is 18.1. The molecule has 0 unspecified atom stereocenters. The number of nitrogens with zero attached hydrogens (tertiary/aromatic N) is 3. The van der Waals surface area contributed by atoms with Gasteiger partial charge in [-0.2, -0.15) is 0 Å². The fourth-order valence-corrected chi connectivity index (χ4v) is 4.66. The van der Waals surface area contributed by atoms with E-state index in [2.05, 4.69) is 76.0 Å².